The molecule has 1 aromatic carbocycles. The molecule has 10 heteroatoms. The number of hydrogen-bond donors (Lipinski definition) is 2. The van der Waals surface area contributed by atoms with Crippen molar-refractivity contribution >= 4 is 28.3 Å². The van der Waals surface area contributed by atoms with E-state index < -0.39 is 0 Å². The van der Waals surface area contributed by atoms with Gasteiger partial charge in [-0.3, -0.25) is 14.3 Å². The lowest BCUT2D eigenvalue weighted by atomic mass is 10.1. The number of nitrogens with one attached hydrogen (secondary N) is 1. The number of nitrogen functional groups attached to an aromatic ring is 1. The van der Waals surface area contributed by atoms with Crippen LogP contribution in [0.1, 0.15) is 45.1 Å². The highest BCUT2D eigenvalue weighted by Crippen LogP contribution is 2.49. The Hall–Kier alpha value is -3.27. The average Bonchev–Trinajstić information content (AvgIpc) is 3.13. The molecular weight excluding hydrogens is 443 g/mol. The first-order valence-electron chi connectivity index (χ1n) is 10.9. The summed E-state index contributed by atoms with van der Waals surface area (Å²) < 4.78 is 15.5. The number of anilines is 1. The van der Waals surface area contributed by atoms with Gasteiger partial charge in [0, 0.05) is 25.3 Å². The van der Waals surface area contributed by atoms with Crippen LogP contribution < -0.4 is 11.1 Å². The molecule has 2 amide bonds. The maximum Gasteiger partial charge on any atom is 0.274 e. The van der Waals surface area contributed by atoms with Gasteiger partial charge in [-0.05, 0) is 50.3 Å². The molecule has 8 nitrogen and oxygen atoms in total. The summed E-state index contributed by atoms with van der Waals surface area (Å²) in [7, 11) is 1.81. The van der Waals surface area contributed by atoms with Crippen molar-refractivity contribution in [3.05, 3.63) is 52.7 Å². The topological polar surface area (TPSA) is 106 Å². The van der Waals surface area contributed by atoms with Crippen molar-refractivity contribution in [1.82, 2.24) is 25.0 Å². The molecule has 0 spiro atoms. The van der Waals surface area contributed by atoms with E-state index in [1.54, 1.807) is 23.9 Å². The molecule has 2 fully saturated rings. The minimum atomic E-state index is -0.386. The number of aryl methyl sites for hydroxylation is 2. The number of likely N-dealkylation sites (tertiary alicyclic amines) is 1. The average molecular weight is 469 g/mol. The zero-order valence-electron chi connectivity index (χ0n) is 18.6. The minimum Gasteiger partial charge on any atom is -0.375 e. The summed E-state index contributed by atoms with van der Waals surface area (Å²) in [5.74, 6) is -0.362. The Morgan fingerprint density at radius 1 is 1.30 bits per heavy atom. The van der Waals surface area contributed by atoms with E-state index in [-0.39, 0.29) is 40.5 Å². The van der Waals surface area contributed by atoms with Gasteiger partial charge >= 0.3 is 0 Å². The second-order valence-electron chi connectivity index (χ2n) is 8.78. The molecule has 3 atom stereocenters. The first-order chi connectivity index (χ1) is 15.7. The SMILES string of the molecule is Cc1nn(C)c(C)c1C(=O)NC[C@@H]1C[C@@H]2C[C@@H]2N1C(=O)c1nc(N)sc1-c1cccc(F)c1. The molecule has 2 aliphatic rings. The molecule has 1 saturated carbocycles. The van der Waals surface area contributed by atoms with Crippen LogP contribution in [0.5, 0.6) is 0 Å². The molecule has 1 aliphatic carbocycles. The lowest BCUT2D eigenvalue weighted by molar-refractivity contribution is 0.0684. The zero-order valence-corrected chi connectivity index (χ0v) is 19.4. The zero-order chi connectivity index (χ0) is 23.4. The Morgan fingerprint density at radius 2 is 2.09 bits per heavy atom. The summed E-state index contributed by atoms with van der Waals surface area (Å²) >= 11 is 1.17. The predicted octanol–water partition coefficient (Wildman–Crippen LogP) is 2.91. The standard InChI is InChI=1S/C23H25FN6O2S/c1-11-18(12(2)29(3)28-11)21(31)26-10-16-8-14-9-17(14)30(16)22(32)19-20(33-23(25)27-19)13-5-4-6-15(24)7-13/h4-7,14,16-17H,8-10H2,1-3H3,(H2,25,27)(H,26,31)/t14-,16+,17+/m1/s1. The molecule has 0 bridgehead atoms. The first-order valence-corrected chi connectivity index (χ1v) is 11.7. The van der Waals surface area contributed by atoms with Gasteiger partial charge in [-0.15, -0.1) is 0 Å². The van der Waals surface area contributed by atoms with Crippen molar-refractivity contribution in [3.63, 3.8) is 0 Å². The summed E-state index contributed by atoms with van der Waals surface area (Å²) in [6.45, 7) is 4.01. The van der Waals surface area contributed by atoms with Crippen LogP contribution in [-0.4, -0.2) is 50.1 Å². The minimum absolute atomic E-state index is 0.134. The maximum absolute atomic E-state index is 13.8. The second kappa shape index (κ2) is 7.95. The molecule has 5 rings (SSSR count). The van der Waals surface area contributed by atoms with Gasteiger partial charge in [-0.25, -0.2) is 9.37 Å². The van der Waals surface area contributed by atoms with Crippen molar-refractivity contribution in [2.24, 2.45) is 13.0 Å². The van der Waals surface area contributed by atoms with Gasteiger partial charge in [-0.2, -0.15) is 5.10 Å². The molecular formula is C23H25FN6O2S. The fourth-order valence-electron chi connectivity index (χ4n) is 4.89. The fourth-order valence-corrected chi connectivity index (χ4v) is 5.71. The van der Waals surface area contributed by atoms with Crippen LogP contribution in [0, 0.1) is 25.6 Å². The van der Waals surface area contributed by atoms with Gasteiger partial charge in [-0.1, -0.05) is 23.5 Å². The van der Waals surface area contributed by atoms with E-state index in [2.05, 4.69) is 15.4 Å². The Kier molecular flexibility index (Phi) is 5.19. The quantitative estimate of drug-likeness (QED) is 0.599. The summed E-state index contributed by atoms with van der Waals surface area (Å²) in [5, 5.41) is 7.56. The number of fused-ring (bicyclic) bond motifs is 1. The van der Waals surface area contributed by atoms with Crippen LogP contribution in [0.25, 0.3) is 10.4 Å². The third-order valence-corrected chi connectivity index (χ3v) is 7.55. The summed E-state index contributed by atoms with van der Waals surface area (Å²) in [4.78, 5) is 33.1. The van der Waals surface area contributed by atoms with E-state index in [9.17, 15) is 14.0 Å². The molecule has 172 valence electrons. The number of carbonyl (C=O) groups excluding carboxylic acids is 2. The van der Waals surface area contributed by atoms with Crippen LogP contribution in [-0.2, 0) is 7.05 Å². The van der Waals surface area contributed by atoms with Crippen LogP contribution in [0.4, 0.5) is 9.52 Å². The van der Waals surface area contributed by atoms with E-state index in [1.807, 2.05) is 18.7 Å². The van der Waals surface area contributed by atoms with E-state index >= 15 is 0 Å². The first kappa shape index (κ1) is 21.6. The number of piperidine rings is 1. The van der Waals surface area contributed by atoms with Gasteiger partial charge in [0.25, 0.3) is 11.8 Å². The lowest BCUT2D eigenvalue weighted by Crippen LogP contribution is -2.45. The van der Waals surface area contributed by atoms with Crippen LogP contribution in [0.3, 0.4) is 0 Å². The van der Waals surface area contributed by atoms with Crippen LogP contribution in [0.15, 0.2) is 24.3 Å². The van der Waals surface area contributed by atoms with Crippen molar-refractivity contribution in [1.29, 1.82) is 0 Å². The molecule has 3 aromatic rings. The summed E-state index contributed by atoms with van der Waals surface area (Å²) in [5.41, 5.74) is 8.80. The third-order valence-electron chi connectivity index (χ3n) is 6.61. The van der Waals surface area contributed by atoms with Crippen molar-refractivity contribution in [2.45, 2.75) is 38.8 Å². The highest BCUT2D eigenvalue weighted by Gasteiger charge is 2.54. The lowest BCUT2D eigenvalue weighted by Gasteiger charge is -2.27. The van der Waals surface area contributed by atoms with E-state index in [0.717, 1.165) is 18.5 Å². The molecule has 3 N–H and O–H groups in total. The van der Waals surface area contributed by atoms with Gasteiger partial charge in [0.05, 0.1) is 22.2 Å². The number of amides is 2. The Labute approximate surface area is 194 Å². The van der Waals surface area contributed by atoms with Crippen molar-refractivity contribution in [2.75, 3.05) is 12.3 Å². The summed E-state index contributed by atoms with van der Waals surface area (Å²) in [6.07, 6.45) is 1.78. The molecule has 0 radical (unpaired) electrons. The normalized spacial score (nSPS) is 21.2. The highest BCUT2D eigenvalue weighted by molar-refractivity contribution is 7.19. The number of nitrogens with two attached hydrogens (primary N) is 1. The molecule has 0 unspecified atom stereocenters. The number of benzene rings is 1. The van der Waals surface area contributed by atoms with Gasteiger partial charge < -0.3 is 16.0 Å². The number of nitrogens with zero attached hydrogens (tertiary/aromatic N) is 4. The third kappa shape index (κ3) is 3.78. The smallest absolute Gasteiger partial charge is 0.274 e. The van der Waals surface area contributed by atoms with Gasteiger partial charge in [0.15, 0.2) is 5.13 Å². The Balaban J connectivity index is 1.37. The largest absolute Gasteiger partial charge is 0.375 e. The second-order valence-corrected chi connectivity index (χ2v) is 9.82. The number of carbonyl (C=O) groups is 2. The highest BCUT2D eigenvalue weighted by atomic mass is 32.1. The van der Waals surface area contributed by atoms with Crippen molar-refractivity contribution < 1.29 is 14.0 Å². The predicted molar refractivity (Wildman–Crippen MR) is 123 cm³/mol. The van der Waals surface area contributed by atoms with Gasteiger partial charge in [0.2, 0.25) is 0 Å². The van der Waals surface area contributed by atoms with E-state index in [0.29, 0.717) is 34.2 Å². The molecule has 1 aliphatic heterocycles. The monoisotopic (exact) mass is 468 g/mol. The number of aromatic nitrogens is 3. The summed E-state index contributed by atoms with van der Waals surface area (Å²) in [6, 6.07) is 6.09. The number of hydrogen-bond acceptors (Lipinski definition) is 6. The van der Waals surface area contributed by atoms with Crippen molar-refractivity contribution in [3.8, 4) is 10.4 Å². The number of rotatable bonds is 5. The maximum atomic E-state index is 13.8. The van der Waals surface area contributed by atoms with Gasteiger partial charge in [0.1, 0.15) is 11.5 Å². The molecule has 2 aromatic heterocycles. The Morgan fingerprint density at radius 3 is 2.79 bits per heavy atom. The Bertz CT molecular complexity index is 1270. The molecule has 1 saturated heterocycles. The van der Waals surface area contributed by atoms with Crippen LogP contribution >= 0.6 is 11.3 Å². The van der Waals surface area contributed by atoms with E-state index in [4.69, 9.17) is 5.73 Å². The molecule has 3 heterocycles. The van der Waals surface area contributed by atoms with Crippen LogP contribution in [0.2, 0.25) is 0 Å². The fraction of sp³-hybridized carbons (Fsp3) is 0.391. The van der Waals surface area contributed by atoms with E-state index in [1.165, 1.54) is 23.5 Å². The number of thiazole rings is 1. The number of halogens is 1. The molecule has 33 heavy (non-hydrogen) atoms.